The number of para-hydroxylation sites is 2. The van der Waals surface area contributed by atoms with Crippen LogP contribution in [-0.2, 0) is 0 Å². The van der Waals surface area contributed by atoms with Gasteiger partial charge in [0.05, 0.1) is 0 Å². The Bertz CT molecular complexity index is 2980. The van der Waals surface area contributed by atoms with Crippen LogP contribution in [0.1, 0.15) is 0 Å². The van der Waals surface area contributed by atoms with Crippen molar-refractivity contribution in [2.45, 2.75) is 0 Å². The summed E-state index contributed by atoms with van der Waals surface area (Å²) in [5, 5.41) is 6.72. The molecule has 5 nitrogen and oxygen atoms in total. The van der Waals surface area contributed by atoms with E-state index in [4.69, 9.17) is 8.83 Å². The number of pyridine rings is 2. The number of aromatic nitrogens is 2. The number of fused-ring (bicyclic) bond motifs is 9. The van der Waals surface area contributed by atoms with Gasteiger partial charge < -0.3 is 13.7 Å². The molecule has 0 bridgehead atoms. The molecule has 0 fully saturated rings. The van der Waals surface area contributed by atoms with E-state index >= 15 is 0 Å². The normalized spacial score (nSPS) is 11.8. The molecule has 244 valence electrons. The quantitative estimate of drug-likeness (QED) is 0.180. The highest BCUT2D eigenvalue weighted by Gasteiger charge is 2.18. The zero-order valence-corrected chi connectivity index (χ0v) is 28.5. The van der Waals surface area contributed by atoms with Crippen molar-refractivity contribution in [2.24, 2.45) is 0 Å². The van der Waals surface area contributed by atoms with Gasteiger partial charge in [0, 0.05) is 94.7 Å². The highest BCUT2D eigenvalue weighted by atomic mass is 32.1. The molecular formula is C46H27N3O2S. The molecule has 0 saturated carbocycles. The first-order valence-electron chi connectivity index (χ1n) is 17.2. The van der Waals surface area contributed by atoms with Crippen LogP contribution in [0.3, 0.4) is 0 Å². The Kier molecular flexibility index (Phi) is 6.35. The zero-order valence-electron chi connectivity index (χ0n) is 27.7. The molecule has 6 aromatic carbocycles. The Labute approximate surface area is 301 Å². The molecule has 0 saturated heterocycles. The lowest BCUT2D eigenvalue weighted by molar-refractivity contribution is 0.669. The minimum atomic E-state index is 0.841. The molecule has 52 heavy (non-hydrogen) atoms. The third kappa shape index (κ3) is 4.48. The first-order valence-corrected chi connectivity index (χ1v) is 18.0. The molecule has 5 aromatic heterocycles. The number of rotatable bonds is 5. The number of anilines is 3. The SMILES string of the molecule is c1ccc2c(c1)sc1ccc(N(c3ccc(-c4cccc5c4oc4ccncc45)cc3)c3ccc(-c4cccc5c4oc4ccncc45)cc3)cc12. The Morgan fingerprint density at radius 2 is 0.942 bits per heavy atom. The van der Waals surface area contributed by atoms with Gasteiger partial charge in [-0.25, -0.2) is 0 Å². The molecular weight excluding hydrogens is 659 g/mol. The summed E-state index contributed by atoms with van der Waals surface area (Å²) in [7, 11) is 0. The van der Waals surface area contributed by atoms with Gasteiger partial charge in [0.15, 0.2) is 0 Å². The molecule has 6 heteroatoms. The van der Waals surface area contributed by atoms with Gasteiger partial charge in [-0.3, -0.25) is 9.97 Å². The number of hydrogen-bond donors (Lipinski definition) is 0. The molecule has 0 spiro atoms. The monoisotopic (exact) mass is 685 g/mol. The van der Waals surface area contributed by atoms with Crippen LogP contribution < -0.4 is 4.90 Å². The molecule has 0 aliphatic carbocycles. The van der Waals surface area contributed by atoms with Crippen LogP contribution in [0.25, 0.3) is 86.3 Å². The topological polar surface area (TPSA) is 55.3 Å². The number of hydrogen-bond acceptors (Lipinski definition) is 6. The van der Waals surface area contributed by atoms with E-state index in [0.29, 0.717) is 0 Å². The largest absolute Gasteiger partial charge is 0.455 e. The fourth-order valence-corrected chi connectivity index (χ4v) is 8.71. The lowest BCUT2D eigenvalue weighted by atomic mass is 10.0. The number of nitrogens with zero attached hydrogens (tertiary/aromatic N) is 3. The van der Waals surface area contributed by atoms with Gasteiger partial charge >= 0.3 is 0 Å². The first-order chi connectivity index (χ1) is 25.8. The van der Waals surface area contributed by atoms with Crippen LogP contribution in [0.4, 0.5) is 17.1 Å². The summed E-state index contributed by atoms with van der Waals surface area (Å²) in [6, 6.07) is 49.5. The van der Waals surface area contributed by atoms with Gasteiger partial charge in [-0.15, -0.1) is 11.3 Å². The van der Waals surface area contributed by atoms with Crippen molar-refractivity contribution in [1.82, 2.24) is 9.97 Å². The van der Waals surface area contributed by atoms with E-state index in [0.717, 1.165) is 83.2 Å². The van der Waals surface area contributed by atoms with Gasteiger partial charge in [-0.2, -0.15) is 0 Å². The third-order valence-corrected chi connectivity index (χ3v) is 11.2. The molecule has 0 radical (unpaired) electrons. The van der Waals surface area contributed by atoms with Crippen molar-refractivity contribution in [3.8, 4) is 22.3 Å². The predicted molar refractivity (Wildman–Crippen MR) is 215 cm³/mol. The molecule has 11 aromatic rings. The maximum Gasteiger partial charge on any atom is 0.143 e. The molecule has 11 rings (SSSR count). The molecule has 0 aliphatic rings. The van der Waals surface area contributed by atoms with Crippen LogP contribution in [0.15, 0.2) is 173 Å². The van der Waals surface area contributed by atoms with Gasteiger partial charge in [-0.1, -0.05) is 78.9 Å². The Hall–Kier alpha value is -6.76. The molecule has 0 atom stereocenters. The molecule has 0 amide bonds. The Morgan fingerprint density at radius 3 is 1.54 bits per heavy atom. The van der Waals surface area contributed by atoms with E-state index in [1.54, 1.807) is 12.4 Å². The lowest BCUT2D eigenvalue weighted by Crippen LogP contribution is -2.09. The smallest absolute Gasteiger partial charge is 0.143 e. The molecule has 0 unspecified atom stereocenters. The van der Waals surface area contributed by atoms with E-state index in [2.05, 4.69) is 142 Å². The van der Waals surface area contributed by atoms with Crippen LogP contribution in [0, 0.1) is 0 Å². The Morgan fingerprint density at radius 1 is 0.423 bits per heavy atom. The van der Waals surface area contributed by atoms with Gasteiger partial charge in [-0.05, 0) is 71.8 Å². The lowest BCUT2D eigenvalue weighted by Gasteiger charge is -2.26. The summed E-state index contributed by atoms with van der Waals surface area (Å²) in [6.07, 6.45) is 7.29. The first kappa shape index (κ1) is 29.0. The average Bonchev–Trinajstić information content (AvgIpc) is 3.90. The van der Waals surface area contributed by atoms with E-state index in [1.807, 2.05) is 35.9 Å². The second-order valence-electron chi connectivity index (χ2n) is 13.0. The van der Waals surface area contributed by atoms with E-state index in [-0.39, 0.29) is 0 Å². The summed E-state index contributed by atoms with van der Waals surface area (Å²) in [4.78, 5) is 11.0. The maximum atomic E-state index is 6.35. The highest BCUT2D eigenvalue weighted by molar-refractivity contribution is 7.25. The van der Waals surface area contributed by atoms with E-state index < -0.39 is 0 Å². The van der Waals surface area contributed by atoms with Gasteiger partial charge in [0.1, 0.15) is 22.3 Å². The third-order valence-electron chi connectivity index (χ3n) is 10.1. The number of thiophene rings is 1. The maximum absolute atomic E-state index is 6.35. The number of benzene rings is 6. The summed E-state index contributed by atoms with van der Waals surface area (Å²) in [6.45, 7) is 0. The summed E-state index contributed by atoms with van der Waals surface area (Å²) in [5.74, 6) is 0. The fraction of sp³-hybridized carbons (Fsp3) is 0. The van der Waals surface area contributed by atoms with Gasteiger partial charge in [0.25, 0.3) is 0 Å². The summed E-state index contributed by atoms with van der Waals surface area (Å²) < 4.78 is 15.3. The second-order valence-corrected chi connectivity index (χ2v) is 14.1. The van der Waals surface area contributed by atoms with Crippen molar-refractivity contribution >= 4 is 92.4 Å². The molecule has 0 N–H and O–H groups in total. The van der Waals surface area contributed by atoms with E-state index in [9.17, 15) is 0 Å². The van der Waals surface area contributed by atoms with Crippen LogP contribution in [-0.4, -0.2) is 9.97 Å². The van der Waals surface area contributed by atoms with Crippen LogP contribution in [0.2, 0.25) is 0 Å². The minimum absolute atomic E-state index is 0.841. The van der Waals surface area contributed by atoms with Crippen molar-refractivity contribution in [3.05, 3.63) is 164 Å². The molecule has 0 aliphatic heterocycles. The van der Waals surface area contributed by atoms with Gasteiger partial charge in [0.2, 0.25) is 0 Å². The summed E-state index contributed by atoms with van der Waals surface area (Å²) in [5.41, 5.74) is 10.9. The summed E-state index contributed by atoms with van der Waals surface area (Å²) >= 11 is 1.83. The fourth-order valence-electron chi connectivity index (χ4n) is 7.62. The standard InChI is InChI=1S/C46H27N3O2S/c1-2-10-43-35(5-1)38-25-32(19-20-44(38)52-43)49(30-15-11-28(12-16-30)33-6-3-8-36-39-26-47-23-21-41(39)50-45(33)36)31-17-13-29(14-18-31)34-7-4-9-37-40-27-48-24-22-42(40)51-46(34)37/h1-27H. The molecule has 5 heterocycles. The highest BCUT2D eigenvalue weighted by Crippen LogP contribution is 2.43. The number of furan rings is 2. The van der Waals surface area contributed by atoms with Crippen LogP contribution >= 0.6 is 11.3 Å². The average molecular weight is 686 g/mol. The van der Waals surface area contributed by atoms with Crippen molar-refractivity contribution in [2.75, 3.05) is 4.90 Å². The van der Waals surface area contributed by atoms with Crippen molar-refractivity contribution < 1.29 is 8.83 Å². The van der Waals surface area contributed by atoms with Crippen molar-refractivity contribution in [3.63, 3.8) is 0 Å². The Balaban J connectivity index is 1.04. The minimum Gasteiger partial charge on any atom is -0.455 e. The van der Waals surface area contributed by atoms with Crippen molar-refractivity contribution in [1.29, 1.82) is 0 Å². The predicted octanol–water partition coefficient (Wildman–Crippen LogP) is 13.4. The zero-order chi connectivity index (χ0) is 34.2. The van der Waals surface area contributed by atoms with Crippen LogP contribution in [0.5, 0.6) is 0 Å². The van der Waals surface area contributed by atoms with E-state index in [1.165, 1.54) is 20.2 Å². The second kappa shape index (κ2) is 11.4.